The van der Waals surface area contributed by atoms with Gasteiger partial charge in [0.2, 0.25) is 5.91 Å². The molecule has 0 saturated heterocycles. The van der Waals surface area contributed by atoms with Gasteiger partial charge in [-0.3, -0.25) is 4.79 Å². The van der Waals surface area contributed by atoms with Gasteiger partial charge in [0.25, 0.3) is 0 Å². The van der Waals surface area contributed by atoms with E-state index in [1.54, 1.807) is 14.2 Å². The maximum Gasteiger partial charge on any atom is 0.233 e. The number of methoxy groups -OCH3 is 2. The molecule has 0 aliphatic heterocycles. The summed E-state index contributed by atoms with van der Waals surface area (Å²) in [6, 6.07) is 7.85. The van der Waals surface area contributed by atoms with E-state index in [-0.39, 0.29) is 18.3 Å². The highest BCUT2D eigenvalue weighted by molar-refractivity contribution is 5.85. The SMILES string of the molecule is COCCNCC(=O)NCCc1cccc(OC)c1.Cl. The van der Waals surface area contributed by atoms with E-state index in [1.807, 2.05) is 24.3 Å². The maximum atomic E-state index is 11.5. The summed E-state index contributed by atoms with van der Waals surface area (Å²) in [6.45, 7) is 2.23. The fourth-order valence-corrected chi connectivity index (χ4v) is 1.61. The van der Waals surface area contributed by atoms with Gasteiger partial charge in [-0.2, -0.15) is 0 Å². The fraction of sp³-hybridized carbons (Fsp3) is 0.500. The minimum atomic E-state index is -0.000927. The highest BCUT2D eigenvalue weighted by Gasteiger charge is 2.00. The standard InChI is InChI=1S/C14H22N2O3.ClH/c1-18-9-8-15-11-14(17)16-7-6-12-4-3-5-13(10-12)19-2;/h3-5,10,15H,6-9,11H2,1-2H3,(H,16,17);1H. The summed E-state index contributed by atoms with van der Waals surface area (Å²) in [5, 5.41) is 5.86. The highest BCUT2D eigenvalue weighted by atomic mass is 35.5. The zero-order valence-corrected chi connectivity index (χ0v) is 12.8. The molecule has 1 aromatic rings. The van der Waals surface area contributed by atoms with Crippen molar-refractivity contribution in [1.29, 1.82) is 0 Å². The highest BCUT2D eigenvalue weighted by Crippen LogP contribution is 2.12. The number of hydrogen-bond donors (Lipinski definition) is 2. The summed E-state index contributed by atoms with van der Waals surface area (Å²) in [5.74, 6) is 0.837. The van der Waals surface area contributed by atoms with Gasteiger partial charge in [0, 0.05) is 20.2 Å². The largest absolute Gasteiger partial charge is 0.497 e. The average Bonchev–Trinajstić information content (AvgIpc) is 2.44. The zero-order valence-electron chi connectivity index (χ0n) is 12.0. The van der Waals surface area contributed by atoms with Gasteiger partial charge in [-0.1, -0.05) is 12.1 Å². The minimum Gasteiger partial charge on any atom is -0.497 e. The summed E-state index contributed by atoms with van der Waals surface area (Å²) in [6.07, 6.45) is 0.793. The van der Waals surface area contributed by atoms with Crippen LogP contribution in [0, 0.1) is 0 Å². The molecule has 0 radical (unpaired) electrons. The first-order chi connectivity index (χ1) is 9.26. The van der Waals surface area contributed by atoms with Crippen LogP contribution in [0.1, 0.15) is 5.56 Å². The van der Waals surface area contributed by atoms with Crippen LogP contribution in [0.3, 0.4) is 0 Å². The Morgan fingerprint density at radius 3 is 2.75 bits per heavy atom. The van der Waals surface area contributed by atoms with Gasteiger partial charge in [0.05, 0.1) is 20.3 Å². The topological polar surface area (TPSA) is 59.6 Å². The number of ether oxygens (including phenoxy) is 2. The molecule has 0 aliphatic carbocycles. The lowest BCUT2D eigenvalue weighted by atomic mass is 10.1. The number of carbonyl (C=O) groups is 1. The Hall–Kier alpha value is -1.30. The summed E-state index contributed by atoms with van der Waals surface area (Å²) >= 11 is 0. The van der Waals surface area contributed by atoms with E-state index in [9.17, 15) is 4.79 Å². The average molecular weight is 303 g/mol. The molecule has 0 atom stereocenters. The Kier molecular flexibility index (Phi) is 10.8. The molecular formula is C14H23ClN2O3. The van der Waals surface area contributed by atoms with Crippen LogP contribution >= 0.6 is 12.4 Å². The Bertz CT molecular complexity index is 388. The predicted molar refractivity (Wildman–Crippen MR) is 81.7 cm³/mol. The van der Waals surface area contributed by atoms with Crippen molar-refractivity contribution < 1.29 is 14.3 Å². The van der Waals surface area contributed by atoms with E-state index in [1.165, 1.54) is 0 Å². The van der Waals surface area contributed by atoms with E-state index in [0.29, 0.717) is 26.2 Å². The molecule has 114 valence electrons. The summed E-state index contributed by atoms with van der Waals surface area (Å²) in [7, 11) is 3.28. The third kappa shape index (κ3) is 7.99. The van der Waals surface area contributed by atoms with Crippen molar-refractivity contribution in [3.8, 4) is 5.75 Å². The van der Waals surface area contributed by atoms with Crippen LogP contribution in [0.5, 0.6) is 5.75 Å². The number of carbonyl (C=O) groups excluding carboxylic acids is 1. The van der Waals surface area contributed by atoms with Gasteiger partial charge in [0.1, 0.15) is 5.75 Å². The Balaban J connectivity index is 0.00000361. The van der Waals surface area contributed by atoms with Gasteiger partial charge in [-0.15, -0.1) is 12.4 Å². The molecule has 0 aromatic heterocycles. The number of nitrogens with one attached hydrogen (secondary N) is 2. The monoisotopic (exact) mass is 302 g/mol. The molecule has 20 heavy (non-hydrogen) atoms. The Morgan fingerprint density at radius 2 is 2.05 bits per heavy atom. The van der Waals surface area contributed by atoms with Crippen molar-refractivity contribution in [2.45, 2.75) is 6.42 Å². The van der Waals surface area contributed by atoms with Gasteiger partial charge < -0.3 is 20.1 Å². The molecule has 0 unspecified atom stereocenters. The molecule has 0 spiro atoms. The molecule has 0 heterocycles. The molecule has 5 nitrogen and oxygen atoms in total. The van der Waals surface area contributed by atoms with Gasteiger partial charge in [-0.25, -0.2) is 0 Å². The number of amides is 1. The molecule has 0 aliphatic rings. The van der Waals surface area contributed by atoms with Crippen LogP contribution in [0.15, 0.2) is 24.3 Å². The normalized spacial score (nSPS) is 9.70. The lowest BCUT2D eigenvalue weighted by Gasteiger charge is -2.07. The Morgan fingerprint density at radius 1 is 1.25 bits per heavy atom. The molecular weight excluding hydrogens is 280 g/mol. The molecule has 2 N–H and O–H groups in total. The van der Waals surface area contributed by atoms with Crippen molar-refractivity contribution in [3.63, 3.8) is 0 Å². The smallest absolute Gasteiger partial charge is 0.233 e. The fourth-order valence-electron chi connectivity index (χ4n) is 1.61. The first-order valence-electron chi connectivity index (χ1n) is 6.35. The predicted octanol–water partition coefficient (Wildman–Crippen LogP) is 1.01. The third-order valence-corrected chi connectivity index (χ3v) is 2.64. The van der Waals surface area contributed by atoms with Crippen LogP contribution in [0.2, 0.25) is 0 Å². The molecule has 1 aromatic carbocycles. The molecule has 0 saturated carbocycles. The summed E-state index contributed by atoms with van der Waals surface area (Å²) in [4.78, 5) is 11.5. The van der Waals surface area contributed by atoms with Crippen LogP contribution in [-0.4, -0.2) is 46.4 Å². The van der Waals surface area contributed by atoms with Crippen molar-refractivity contribution in [1.82, 2.24) is 10.6 Å². The zero-order chi connectivity index (χ0) is 13.9. The second kappa shape index (κ2) is 11.5. The number of benzene rings is 1. The second-order valence-corrected chi connectivity index (χ2v) is 4.12. The summed E-state index contributed by atoms with van der Waals surface area (Å²) in [5.41, 5.74) is 1.15. The number of halogens is 1. The van der Waals surface area contributed by atoms with E-state index < -0.39 is 0 Å². The van der Waals surface area contributed by atoms with Crippen molar-refractivity contribution in [2.24, 2.45) is 0 Å². The van der Waals surface area contributed by atoms with Crippen molar-refractivity contribution in [3.05, 3.63) is 29.8 Å². The molecule has 1 rings (SSSR count). The first-order valence-corrected chi connectivity index (χ1v) is 6.35. The van der Waals surface area contributed by atoms with Crippen molar-refractivity contribution in [2.75, 3.05) is 40.5 Å². The molecule has 6 heteroatoms. The van der Waals surface area contributed by atoms with Gasteiger partial charge in [-0.05, 0) is 24.1 Å². The number of hydrogen-bond acceptors (Lipinski definition) is 4. The molecule has 1 amide bonds. The van der Waals surface area contributed by atoms with Crippen LogP contribution in [0.4, 0.5) is 0 Å². The minimum absolute atomic E-state index is 0. The van der Waals surface area contributed by atoms with Crippen LogP contribution in [-0.2, 0) is 16.0 Å². The molecule has 0 bridgehead atoms. The van der Waals surface area contributed by atoms with E-state index in [0.717, 1.165) is 17.7 Å². The van der Waals surface area contributed by atoms with Gasteiger partial charge in [0.15, 0.2) is 0 Å². The van der Waals surface area contributed by atoms with Crippen LogP contribution in [0.25, 0.3) is 0 Å². The second-order valence-electron chi connectivity index (χ2n) is 4.12. The van der Waals surface area contributed by atoms with E-state index in [4.69, 9.17) is 9.47 Å². The maximum absolute atomic E-state index is 11.5. The number of rotatable bonds is 9. The molecule has 0 fully saturated rings. The van der Waals surface area contributed by atoms with Gasteiger partial charge >= 0.3 is 0 Å². The first kappa shape index (κ1) is 18.7. The third-order valence-electron chi connectivity index (χ3n) is 2.64. The lowest BCUT2D eigenvalue weighted by Crippen LogP contribution is -2.36. The van der Waals surface area contributed by atoms with E-state index in [2.05, 4.69) is 10.6 Å². The Labute approximate surface area is 126 Å². The lowest BCUT2D eigenvalue weighted by molar-refractivity contribution is -0.120. The van der Waals surface area contributed by atoms with E-state index >= 15 is 0 Å². The summed E-state index contributed by atoms with van der Waals surface area (Å²) < 4.78 is 10.0. The van der Waals surface area contributed by atoms with Crippen molar-refractivity contribution >= 4 is 18.3 Å². The van der Waals surface area contributed by atoms with Crippen LogP contribution < -0.4 is 15.4 Å². The quantitative estimate of drug-likeness (QED) is 0.669.